The van der Waals surface area contributed by atoms with Crippen molar-refractivity contribution in [1.29, 1.82) is 0 Å². The predicted octanol–water partition coefficient (Wildman–Crippen LogP) is 2.74. The molecule has 2 rings (SSSR count). The van der Waals surface area contributed by atoms with Crippen molar-refractivity contribution in [2.75, 3.05) is 12.4 Å². The summed E-state index contributed by atoms with van der Waals surface area (Å²) in [4.78, 5) is 0. The van der Waals surface area contributed by atoms with Gasteiger partial charge in [0.25, 0.3) is 0 Å². The molecule has 0 atom stereocenters. The van der Waals surface area contributed by atoms with Crippen LogP contribution in [-0.2, 0) is 31.4 Å². The van der Waals surface area contributed by atoms with Crippen molar-refractivity contribution in [2.45, 2.75) is 26.5 Å². The molecule has 2 aromatic rings. The highest BCUT2D eigenvalue weighted by Gasteiger charge is 2.06. The Hall–Kier alpha value is -1.81. The molecule has 0 fully saturated rings. The van der Waals surface area contributed by atoms with Crippen molar-refractivity contribution in [1.82, 2.24) is 9.78 Å². The molecule has 0 spiro atoms. The molecule has 0 aliphatic rings. The second kappa shape index (κ2) is 6.38. The van der Waals surface area contributed by atoms with Crippen LogP contribution in [0.2, 0.25) is 0 Å². The summed E-state index contributed by atoms with van der Waals surface area (Å²) in [6, 6.07) is 8.22. The maximum atomic E-state index is 5.21. The Bertz CT molecular complexity index is 534. The molecular formula is C15H21N3O. The third kappa shape index (κ3) is 3.35. The maximum Gasteiger partial charge on any atom is 0.0733 e. The molecule has 4 nitrogen and oxygen atoms in total. The summed E-state index contributed by atoms with van der Waals surface area (Å²) in [5, 5.41) is 7.92. The van der Waals surface area contributed by atoms with Gasteiger partial charge in [0.05, 0.1) is 12.3 Å². The van der Waals surface area contributed by atoms with Crippen molar-refractivity contribution in [3.05, 3.63) is 47.3 Å². The van der Waals surface area contributed by atoms with Gasteiger partial charge < -0.3 is 10.1 Å². The lowest BCUT2D eigenvalue weighted by atomic mass is 10.1. The van der Waals surface area contributed by atoms with Crippen molar-refractivity contribution in [3.8, 4) is 0 Å². The molecule has 102 valence electrons. The second-order valence-corrected chi connectivity index (χ2v) is 4.57. The van der Waals surface area contributed by atoms with Crippen molar-refractivity contribution >= 4 is 5.69 Å². The van der Waals surface area contributed by atoms with Crippen LogP contribution in [0.5, 0.6) is 0 Å². The molecule has 0 aliphatic heterocycles. The normalized spacial score (nSPS) is 10.7. The smallest absolute Gasteiger partial charge is 0.0733 e. The van der Waals surface area contributed by atoms with E-state index in [4.69, 9.17) is 4.74 Å². The number of para-hydroxylation sites is 1. The van der Waals surface area contributed by atoms with Gasteiger partial charge >= 0.3 is 0 Å². The molecule has 0 saturated carbocycles. The van der Waals surface area contributed by atoms with Crippen LogP contribution < -0.4 is 5.32 Å². The molecule has 4 heteroatoms. The molecule has 0 saturated heterocycles. The van der Waals surface area contributed by atoms with Crippen LogP contribution in [0, 0.1) is 0 Å². The van der Waals surface area contributed by atoms with Gasteiger partial charge in [-0.25, -0.2) is 0 Å². The number of ether oxygens (including phenoxy) is 1. The Kier molecular flexibility index (Phi) is 4.58. The Morgan fingerprint density at radius 1 is 1.26 bits per heavy atom. The number of methoxy groups -OCH3 is 1. The summed E-state index contributed by atoms with van der Waals surface area (Å²) in [6.45, 7) is 3.54. The fraction of sp³-hybridized carbons (Fsp3) is 0.400. The number of rotatable bonds is 6. The van der Waals surface area contributed by atoms with E-state index in [2.05, 4.69) is 35.7 Å². The Morgan fingerprint density at radius 2 is 2.05 bits per heavy atom. The van der Waals surface area contributed by atoms with E-state index < -0.39 is 0 Å². The second-order valence-electron chi connectivity index (χ2n) is 4.57. The lowest BCUT2D eigenvalue weighted by Crippen LogP contribution is -2.04. The van der Waals surface area contributed by atoms with Crippen LogP contribution in [0.4, 0.5) is 5.69 Å². The fourth-order valence-electron chi connectivity index (χ4n) is 2.19. The highest BCUT2D eigenvalue weighted by molar-refractivity contribution is 5.51. The maximum absolute atomic E-state index is 5.21. The van der Waals surface area contributed by atoms with E-state index in [0.717, 1.165) is 24.3 Å². The summed E-state index contributed by atoms with van der Waals surface area (Å²) in [6.07, 6.45) is 3.03. The van der Waals surface area contributed by atoms with Gasteiger partial charge in [0.15, 0.2) is 0 Å². The summed E-state index contributed by atoms with van der Waals surface area (Å²) in [7, 11) is 3.68. The largest absolute Gasteiger partial charge is 0.381 e. The quantitative estimate of drug-likeness (QED) is 0.867. The number of aryl methyl sites for hydroxylation is 2. The number of benzene rings is 1. The molecule has 0 radical (unpaired) electrons. The van der Waals surface area contributed by atoms with Crippen molar-refractivity contribution in [3.63, 3.8) is 0 Å². The number of hydrogen-bond donors (Lipinski definition) is 1. The minimum Gasteiger partial charge on any atom is -0.381 e. The molecule has 0 bridgehead atoms. The number of anilines is 1. The van der Waals surface area contributed by atoms with Gasteiger partial charge in [-0.2, -0.15) is 5.10 Å². The van der Waals surface area contributed by atoms with Gasteiger partial charge in [0, 0.05) is 43.7 Å². The zero-order valence-corrected chi connectivity index (χ0v) is 11.8. The van der Waals surface area contributed by atoms with Gasteiger partial charge in [-0.1, -0.05) is 25.1 Å². The number of aromatic nitrogens is 2. The van der Waals surface area contributed by atoms with E-state index in [1.807, 2.05) is 23.9 Å². The highest BCUT2D eigenvalue weighted by Crippen LogP contribution is 2.18. The van der Waals surface area contributed by atoms with Crippen molar-refractivity contribution in [2.24, 2.45) is 7.05 Å². The van der Waals surface area contributed by atoms with Gasteiger partial charge in [-0.3, -0.25) is 4.68 Å². The predicted molar refractivity (Wildman–Crippen MR) is 77.1 cm³/mol. The van der Waals surface area contributed by atoms with Crippen LogP contribution in [0.1, 0.15) is 23.7 Å². The van der Waals surface area contributed by atoms with Crippen LogP contribution in [0.25, 0.3) is 0 Å². The van der Waals surface area contributed by atoms with E-state index in [0.29, 0.717) is 6.61 Å². The van der Waals surface area contributed by atoms with Crippen LogP contribution >= 0.6 is 0 Å². The molecule has 1 aromatic carbocycles. The molecule has 1 heterocycles. The average molecular weight is 259 g/mol. The van der Waals surface area contributed by atoms with Gasteiger partial charge in [0.2, 0.25) is 0 Å². The van der Waals surface area contributed by atoms with Crippen LogP contribution in [0.3, 0.4) is 0 Å². The van der Waals surface area contributed by atoms with Gasteiger partial charge in [-0.05, 0) is 12.5 Å². The lowest BCUT2D eigenvalue weighted by molar-refractivity contribution is 0.185. The van der Waals surface area contributed by atoms with Crippen LogP contribution in [-0.4, -0.2) is 16.9 Å². The summed E-state index contributed by atoms with van der Waals surface area (Å²) in [5.41, 5.74) is 4.69. The highest BCUT2D eigenvalue weighted by atomic mass is 16.5. The average Bonchev–Trinajstić information content (AvgIpc) is 2.78. The van der Waals surface area contributed by atoms with Gasteiger partial charge in [-0.15, -0.1) is 0 Å². The topological polar surface area (TPSA) is 39.1 Å². The monoisotopic (exact) mass is 259 g/mol. The fourth-order valence-corrected chi connectivity index (χ4v) is 2.19. The minimum absolute atomic E-state index is 0.622. The standard InChI is InChI=1S/C15H21N3O/c1-4-14-13(10-18(2)17-14)9-16-15-8-6-5-7-12(15)11-19-3/h5-8,10,16H,4,9,11H2,1-3H3. The Labute approximate surface area is 114 Å². The molecule has 1 aromatic heterocycles. The molecule has 0 amide bonds. The first-order valence-corrected chi connectivity index (χ1v) is 6.56. The lowest BCUT2D eigenvalue weighted by Gasteiger charge is -2.11. The number of hydrogen-bond acceptors (Lipinski definition) is 3. The Balaban J connectivity index is 2.09. The van der Waals surface area contributed by atoms with E-state index in [9.17, 15) is 0 Å². The zero-order valence-electron chi connectivity index (χ0n) is 11.8. The van der Waals surface area contributed by atoms with E-state index in [-0.39, 0.29) is 0 Å². The van der Waals surface area contributed by atoms with E-state index >= 15 is 0 Å². The molecule has 1 N–H and O–H groups in total. The molecular weight excluding hydrogens is 238 g/mol. The summed E-state index contributed by atoms with van der Waals surface area (Å²) >= 11 is 0. The number of nitrogens with zero attached hydrogens (tertiary/aromatic N) is 2. The first-order valence-electron chi connectivity index (χ1n) is 6.56. The summed E-state index contributed by atoms with van der Waals surface area (Å²) in [5.74, 6) is 0. The molecule has 0 aliphatic carbocycles. The first-order chi connectivity index (χ1) is 9.24. The van der Waals surface area contributed by atoms with E-state index in [1.165, 1.54) is 11.1 Å². The minimum atomic E-state index is 0.622. The summed E-state index contributed by atoms with van der Waals surface area (Å²) < 4.78 is 7.09. The third-order valence-electron chi connectivity index (χ3n) is 3.11. The first kappa shape index (κ1) is 13.6. The van der Waals surface area contributed by atoms with E-state index in [1.54, 1.807) is 7.11 Å². The Morgan fingerprint density at radius 3 is 2.79 bits per heavy atom. The number of nitrogens with one attached hydrogen (secondary N) is 1. The van der Waals surface area contributed by atoms with Crippen molar-refractivity contribution < 1.29 is 4.74 Å². The molecule has 19 heavy (non-hydrogen) atoms. The SMILES string of the molecule is CCc1nn(C)cc1CNc1ccccc1COC. The van der Waals surface area contributed by atoms with Gasteiger partial charge in [0.1, 0.15) is 0 Å². The zero-order chi connectivity index (χ0) is 13.7. The molecule has 0 unspecified atom stereocenters. The van der Waals surface area contributed by atoms with Crippen LogP contribution in [0.15, 0.2) is 30.5 Å². The third-order valence-corrected chi connectivity index (χ3v) is 3.11.